The van der Waals surface area contributed by atoms with Crippen molar-refractivity contribution in [2.45, 2.75) is 25.7 Å². The highest BCUT2D eigenvalue weighted by Gasteiger charge is 2.25. The molecule has 1 N–H and O–H groups in total. The number of hydrogen-bond acceptors (Lipinski definition) is 6. The third-order valence-electron chi connectivity index (χ3n) is 6.35. The Morgan fingerprint density at radius 2 is 1.78 bits per heavy atom. The summed E-state index contributed by atoms with van der Waals surface area (Å²) >= 11 is 1.61. The first-order chi connectivity index (χ1) is 17.7. The lowest BCUT2D eigenvalue weighted by Gasteiger charge is -2.26. The van der Waals surface area contributed by atoms with E-state index < -0.39 is 0 Å². The molecule has 2 heterocycles. The van der Waals surface area contributed by atoms with Crippen molar-refractivity contribution < 1.29 is 19.1 Å². The predicted molar refractivity (Wildman–Crippen MR) is 142 cm³/mol. The minimum absolute atomic E-state index is 0.00801. The van der Waals surface area contributed by atoms with Gasteiger partial charge in [-0.25, -0.2) is 4.99 Å². The van der Waals surface area contributed by atoms with Crippen LogP contribution in [0.5, 0.6) is 5.75 Å². The molecule has 1 aliphatic heterocycles. The number of morpholine rings is 1. The quantitative estimate of drug-likeness (QED) is 0.467. The standard InChI is InChI=1S/C28H29N3O4S/c32-25(31-14-16-34-17-15-31)19-35-22-12-10-20(11-13-22)18-29-28-26(23-8-4-5-9-24(23)36-28)27(33)30-21-6-2-1-3-7-21/h1-3,6-7,10-13,18H,4-5,8-9,14-17,19H2,(H,30,33). The van der Waals surface area contributed by atoms with Crippen LogP contribution in [0.2, 0.25) is 0 Å². The van der Waals surface area contributed by atoms with Gasteiger partial charge in [0.2, 0.25) is 0 Å². The molecular formula is C28H29N3O4S. The van der Waals surface area contributed by atoms with E-state index in [0.717, 1.165) is 47.5 Å². The number of ether oxygens (including phenoxy) is 2. The van der Waals surface area contributed by atoms with Gasteiger partial charge in [0.1, 0.15) is 10.8 Å². The number of benzene rings is 2. The van der Waals surface area contributed by atoms with Gasteiger partial charge in [-0.3, -0.25) is 9.59 Å². The molecule has 1 aromatic heterocycles. The van der Waals surface area contributed by atoms with Gasteiger partial charge in [-0.2, -0.15) is 0 Å². The van der Waals surface area contributed by atoms with Crippen LogP contribution in [-0.4, -0.2) is 55.8 Å². The van der Waals surface area contributed by atoms with Crippen LogP contribution in [0.1, 0.15) is 39.2 Å². The van der Waals surface area contributed by atoms with Gasteiger partial charge >= 0.3 is 0 Å². The summed E-state index contributed by atoms with van der Waals surface area (Å²) in [6.07, 6.45) is 5.92. The number of aryl methyl sites for hydroxylation is 1. The summed E-state index contributed by atoms with van der Waals surface area (Å²) in [7, 11) is 0. The van der Waals surface area contributed by atoms with Crippen molar-refractivity contribution in [3.63, 3.8) is 0 Å². The van der Waals surface area contributed by atoms with Crippen LogP contribution in [0.3, 0.4) is 0 Å². The van der Waals surface area contributed by atoms with Gasteiger partial charge in [0.15, 0.2) is 6.61 Å². The molecule has 186 valence electrons. The van der Waals surface area contributed by atoms with Gasteiger partial charge in [-0.05, 0) is 73.2 Å². The molecule has 5 rings (SSSR count). The Labute approximate surface area is 214 Å². The number of carbonyl (C=O) groups is 2. The number of para-hydroxylation sites is 1. The lowest BCUT2D eigenvalue weighted by atomic mass is 9.95. The van der Waals surface area contributed by atoms with E-state index in [1.165, 1.54) is 4.88 Å². The van der Waals surface area contributed by atoms with Crippen molar-refractivity contribution in [1.29, 1.82) is 0 Å². The molecule has 0 radical (unpaired) electrons. The highest BCUT2D eigenvalue weighted by atomic mass is 32.1. The average Bonchev–Trinajstić information content (AvgIpc) is 3.31. The number of carbonyl (C=O) groups excluding carboxylic acids is 2. The number of nitrogens with one attached hydrogen (secondary N) is 1. The average molecular weight is 504 g/mol. The Balaban J connectivity index is 1.27. The molecule has 0 atom stereocenters. The number of hydrogen-bond donors (Lipinski definition) is 1. The number of fused-ring (bicyclic) bond motifs is 1. The third kappa shape index (κ3) is 5.83. The molecule has 8 heteroatoms. The molecular weight excluding hydrogens is 474 g/mol. The fraction of sp³-hybridized carbons (Fsp3) is 0.321. The molecule has 2 aromatic carbocycles. The van der Waals surface area contributed by atoms with Crippen molar-refractivity contribution in [1.82, 2.24) is 4.90 Å². The second-order valence-corrected chi connectivity index (χ2v) is 9.90. The first kappa shape index (κ1) is 24.2. The second-order valence-electron chi connectivity index (χ2n) is 8.82. The molecule has 1 saturated heterocycles. The van der Waals surface area contributed by atoms with Crippen LogP contribution >= 0.6 is 11.3 Å². The van der Waals surface area contributed by atoms with Crippen molar-refractivity contribution >= 4 is 40.1 Å². The zero-order chi connectivity index (χ0) is 24.7. The summed E-state index contributed by atoms with van der Waals surface area (Å²) in [5, 5.41) is 3.77. The minimum Gasteiger partial charge on any atom is -0.484 e. The van der Waals surface area contributed by atoms with Crippen molar-refractivity contribution in [2.75, 3.05) is 38.2 Å². The minimum atomic E-state index is -0.110. The maximum absolute atomic E-state index is 13.2. The number of thiophene rings is 1. The molecule has 36 heavy (non-hydrogen) atoms. The maximum Gasteiger partial charge on any atom is 0.260 e. The van der Waals surface area contributed by atoms with Crippen LogP contribution in [0.4, 0.5) is 10.7 Å². The molecule has 0 saturated carbocycles. The van der Waals surface area contributed by atoms with E-state index in [2.05, 4.69) is 5.32 Å². The fourth-order valence-electron chi connectivity index (χ4n) is 4.42. The number of nitrogens with zero attached hydrogens (tertiary/aromatic N) is 2. The largest absolute Gasteiger partial charge is 0.484 e. The van der Waals surface area contributed by atoms with E-state index in [0.29, 0.717) is 37.6 Å². The maximum atomic E-state index is 13.2. The SMILES string of the molecule is O=C(Nc1ccccc1)c1c(N=Cc2ccc(OCC(=O)N3CCOCC3)cc2)sc2c1CCCC2. The Bertz CT molecular complexity index is 1230. The van der Waals surface area contributed by atoms with E-state index in [-0.39, 0.29) is 18.4 Å². The van der Waals surface area contributed by atoms with E-state index in [1.807, 2.05) is 54.6 Å². The van der Waals surface area contributed by atoms with Gasteiger partial charge in [0.05, 0.1) is 18.8 Å². The Kier molecular flexibility index (Phi) is 7.73. The normalized spacial score (nSPS) is 15.5. The van der Waals surface area contributed by atoms with Gasteiger partial charge < -0.3 is 19.7 Å². The first-order valence-electron chi connectivity index (χ1n) is 12.3. The van der Waals surface area contributed by atoms with Crippen LogP contribution < -0.4 is 10.1 Å². The van der Waals surface area contributed by atoms with Gasteiger partial charge in [0, 0.05) is 29.9 Å². The lowest BCUT2D eigenvalue weighted by molar-refractivity contribution is -0.137. The van der Waals surface area contributed by atoms with Crippen LogP contribution in [0, 0.1) is 0 Å². The van der Waals surface area contributed by atoms with Gasteiger partial charge in [-0.1, -0.05) is 18.2 Å². The smallest absolute Gasteiger partial charge is 0.260 e. The molecule has 2 aliphatic rings. The van der Waals surface area contributed by atoms with Crippen LogP contribution in [-0.2, 0) is 22.4 Å². The molecule has 3 aromatic rings. The van der Waals surface area contributed by atoms with E-state index >= 15 is 0 Å². The van der Waals surface area contributed by atoms with Crippen LogP contribution in [0.25, 0.3) is 0 Å². The molecule has 1 aliphatic carbocycles. The molecule has 0 unspecified atom stereocenters. The number of anilines is 1. The van der Waals surface area contributed by atoms with Crippen molar-refractivity contribution in [3.05, 3.63) is 76.2 Å². The molecule has 1 fully saturated rings. The van der Waals surface area contributed by atoms with E-state index in [4.69, 9.17) is 14.5 Å². The Morgan fingerprint density at radius 1 is 1.03 bits per heavy atom. The predicted octanol–water partition coefficient (Wildman–Crippen LogP) is 4.87. The van der Waals surface area contributed by atoms with Gasteiger partial charge in [0.25, 0.3) is 11.8 Å². The molecule has 2 amide bonds. The van der Waals surface area contributed by atoms with Crippen LogP contribution in [0.15, 0.2) is 59.6 Å². The second kappa shape index (κ2) is 11.5. The summed E-state index contributed by atoms with van der Waals surface area (Å²) in [4.78, 5) is 33.3. The highest BCUT2D eigenvalue weighted by molar-refractivity contribution is 7.16. The third-order valence-corrected chi connectivity index (χ3v) is 7.55. The van der Waals surface area contributed by atoms with Crippen molar-refractivity contribution in [3.8, 4) is 5.75 Å². The number of amides is 2. The Hall–Kier alpha value is -3.49. The summed E-state index contributed by atoms with van der Waals surface area (Å²) in [6.45, 7) is 2.36. The first-order valence-corrected chi connectivity index (χ1v) is 13.1. The summed E-state index contributed by atoms with van der Waals surface area (Å²) in [5.41, 5.74) is 3.50. The van der Waals surface area contributed by atoms with Gasteiger partial charge in [-0.15, -0.1) is 11.3 Å². The zero-order valence-electron chi connectivity index (χ0n) is 20.1. The number of rotatable bonds is 7. The summed E-state index contributed by atoms with van der Waals surface area (Å²) in [5.74, 6) is 0.483. The monoisotopic (exact) mass is 503 g/mol. The highest BCUT2D eigenvalue weighted by Crippen LogP contribution is 2.40. The van der Waals surface area contributed by atoms with E-state index in [1.54, 1.807) is 22.5 Å². The van der Waals surface area contributed by atoms with Crippen molar-refractivity contribution in [2.24, 2.45) is 4.99 Å². The zero-order valence-corrected chi connectivity index (χ0v) is 20.9. The lowest BCUT2D eigenvalue weighted by Crippen LogP contribution is -2.42. The van der Waals surface area contributed by atoms with E-state index in [9.17, 15) is 9.59 Å². The fourth-order valence-corrected chi connectivity index (χ4v) is 5.65. The summed E-state index contributed by atoms with van der Waals surface area (Å²) < 4.78 is 11.0. The molecule has 7 nitrogen and oxygen atoms in total. The Morgan fingerprint density at radius 3 is 2.56 bits per heavy atom. The number of aliphatic imine (C=N–C) groups is 1. The summed E-state index contributed by atoms with van der Waals surface area (Å²) in [6, 6.07) is 17.0. The molecule has 0 bridgehead atoms. The molecule has 0 spiro atoms. The topological polar surface area (TPSA) is 80.2 Å².